The summed E-state index contributed by atoms with van der Waals surface area (Å²) in [5, 5.41) is 12.6. The smallest absolute Gasteiger partial charge is 0.269 e. The van der Waals surface area contributed by atoms with E-state index >= 15 is 0 Å². The molecule has 0 heterocycles. The van der Waals surface area contributed by atoms with Crippen LogP contribution in [0.5, 0.6) is 0 Å². The number of nitro benzene ring substituents is 1. The van der Waals surface area contributed by atoms with Crippen LogP contribution in [-0.4, -0.2) is 43.1 Å². The second-order valence-electron chi connectivity index (χ2n) is 9.90. The number of nitro groups is 1. The van der Waals surface area contributed by atoms with Crippen LogP contribution < -0.4 is 4.72 Å². The molecule has 214 valence electrons. The minimum absolute atomic E-state index is 0.0798. The molecule has 0 radical (unpaired) electrons. The van der Waals surface area contributed by atoms with E-state index in [1.54, 1.807) is 23.1 Å². The fraction of sp³-hybridized carbons (Fsp3) is 0.400. The highest BCUT2D eigenvalue weighted by Crippen LogP contribution is 2.21. The number of nitrogens with one attached hydrogen (secondary N) is 1. The SMILES string of the molecule is CCCCCN(CCCCC)C(=O)C(Cc1ccc([N+](=O)[O-])cc1)C(=O)NS(=O)(=O)c1ccc2ccccc2c1. The lowest BCUT2D eigenvalue weighted by atomic mass is 9.96. The number of carbonyl (C=O) groups is 2. The summed E-state index contributed by atoms with van der Waals surface area (Å²) in [6.07, 6.45) is 5.24. The lowest BCUT2D eigenvalue weighted by Gasteiger charge is -2.27. The molecule has 0 aliphatic rings. The zero-order valence-electron chi connectivity index (χ0n) is 23.0. The minimum atomic E-state index is -4.27. The molecular formula is C30H37N3O6S. The number of hydrogen-bond acceptors (Lipinski definition) is 6. The fourth-order valence-electron chi connectivity index (χ4n) is 4.54. The first-order chi connectivity index (χ1) is 19.2. The van der Waals surface area contributed by atoms with Crippen molar-refractivity contribution in [2.24, 2.45) is 5.92 Å². The van der Waals surface area contributed by atoms with Crippen LogP contribution in [0.3, 0.4) is 0 Å². The average Bonchev–Trinajstić information content (AvgIpc) is 2.94. The first-order valence-electron chi connectivity index (χ1n) is 13.7. The van der Waals surface area contributed by atoms with E-state index in [9.17, 15) is 28.1 Å². The zero-order valence-corrected chi connectivity index (χ0v) is 23.9. The highest BCUT2D eigenvalue weighted by Gasteiger charge is 2.33. The molecule has 0 saturated heterocycles. The molecule has 1 N–H and O–H groups in total. The van der Waals surface area contributed by atoms with Crippen molar-refractivity contribution in [2.45, 2.75) is 63.7 Å². The number of sulfonamides is 1. The molecule has 3 rings (SSSR count). The number of hydrogen-bond donors (Lipinski definition) is 1. The van der Waals surface area contributed by atoms with E-state index in [1.807, 2.05) is 12.1 Å². The van der Waals surface area contributed by atoms with Gasteiger partial charge in [0.25, 0.3) is 15.7 Å². The molecule has 0 bridgehead atoms. The van der Waals surface area contributed by atoms with E-state index in [4.69, 9.17) is 0 Å². The summed E-state index contributed by atoms with van der Waals surface area (Å²) in [6.45, 7) is 5.06. The second-order valence-corrected chi connectivity index (χ2v) is 11.6. The van der Waals surface area contributed by atoms with Gasteiger partial charge in [0.15, 0.2) is 0 Å². The standard InChI is InChI=1S/C30H37N3O6S/c1-3-5-9-19-32(20-10-6-4-2)30(35)28(21-23-13-16-26(17-14-23)33(36)37)29(34)31-40(38,39)27-18-15-24-11-7-8-12-25(24)22-27/h7-8,11-18,22,28H,3-6,9-10,19-21H2,1-2H3,(H,31,34). The molecule has 10 heteroatoms. The number of carbonyl (C=O) groups excluding carboxylic acids is 2. The molecule has 0 aliphatic carbocycles. The normalized spacial score (nSPS) is 12.2. The number of amides is 2. The first kappa shape index (κ1) is 30.7. The van der Waals surface area contributed by atoms with E-state index in [2.05, 4.69) is 18.6 Å². The number of nitrogens with zero attached hydrogens (tertiary/aromatic N) is 2. The Morgan fingerprint density at radius 2 is 1.48 bits per heavy atom. The Morgan fingerprint density at radius 3 is 2.05 bits per heavy atom. The Bertz CT molecular complexity index is 1410. The predicted octanol–water partition coefficient (Wildman–Crippen LogP) is 5.62. The maximum absolute atomic E-state index is 13.8. The summed E-state index contributed by atoms with van der Waals surface area (Å²) < 4.78 is 28.6. The van der Waals surface area contributed by atoms with Crippen LogP contribution in [0.15, 0.2) is 71.6 Å². The van der Waals surface area contributed by atoms with Gasteiger partial charge in [0.05, 0.1) is 9.82 Å². The lowest BCUT2D eigenvalue weighted by molar-refractivity contribution is -0.384. The maximum Gasteiger partial charge on any atom is 0.269 e. The molecule has 1 unspecified atom stereocenters. The van der Waals surface area contributed by atoms with Crippen LogP contribution in [0.4, 0.5) is 5.69 Å². The largest absolute Gasteiger partial charge is 0.342 e. The average molecular weight is 568 g/mol. The monoisotopic (exact) mass is 567 g/mol. The summed E-state index contributed by atoms with van der Waals surface area (Å²) >= 11 is 0. The predicted molar refractivity (Wildman–Crippen MR) is 155 cm³/mol. The molecule has 40 heavy (non-hydrogen) atoms. The van der Waals surface area contributed by atoms with Gasteiger partial charge in [0, 0.05) is 25.2 Å². The van der Waals surface area contributed by atoms with Gasteiger partial charge >= 0.3 is 0 Å². The molecule has 0 spiro atoms. The van der Waals surface area contributed by atoms with Crippen molar-refractivity contribution in [3.05, 3.63) is 82.4 Å². The molecule has 1 atom stereocenters. The maximum atomic E-state index is 13.8. The third kappa shape index (κ3) is 8.35. The van der Waals surface area contributed by atoms with Crippen LogP contribution in [0.1, 0.15) is 57.9 Å². The number of fused-ring (bicyclic) bond motifs is 1. The Labute approximate surface area is 235 Å². The van der Waals surface area contributed by atoms with E-state index in [0.29, 0.717) is 24.0 Å². The van der Waals surface area contributed by atoms with Crippen molar-refractivity contribution in [3.8, 4) is 0 Å². The summed E-state index contributed by atoms with van der Waals surface area (Å²) in [4.78, 5) is 39.5. The van der Waals surface area contributed by atoms with Crippen LogP contribution in [0, 0.1) is 16.0 Å². The highest BCUT2D eigenvalue weighted by atomic mass is 32.2. The Kier molecular flexibility index (Phi) is 11.2. The van der Waals surface area contributed by atoms with Crippen molar-refractivity contribution in [2.75, 3.05) is 13.1 Å². The van der Waals surface area contributed by atoms with Crippen molar-refractivity contribution < 1.29 is 22.9 Å². The van der Waals surface area contributed by atoms with Crippen LogP contribution in [0.25, 0.3) is 10.8 Å². The first-order valence-corrected chi connectivity index (χ1v) is 15.2. The van der Waals surface area contributed by atoms with Gasteiger partial charge in [-0.05, 0) is 47.7 Å². The third-order valence-corrected chi connectivity index (χ3v) is 8.19. The van der Waals surface area contributed by atoms with Crippen LogP contribution in [-0.2, 0) is 26.0 Å². The summed E-state index contributed by atoms with van der Waals surface area (Å²) in [5.74, 6) is -2.69. The van der Waals surface area contributed by atoms with Gasteiger partial charge in [0.2, 0.25) is 11.8 Å². The number of non-ortho nitro benzene ring substituents is 1. The molecular weight excluding hydrogens is 530 g/mol. The second kappa shape index (κ2) is 14.6. The van der Waals surface area contributed by atoms with E-state index < -0.39 is 32.7 Å². The molecule has 9 nitrogen and oxygen atoms in total. The minimum Gasteiger partial charge on any atom is -0.342 e. The lowest BCUT2D eigenvalue weighted by Crippen LogP contribution is -2.46. The summed E-state index contributed by atoms with van der Waals surface area (Å²) in [6, 6.07) is 17.4. The quantitative estimate of drug-likeness (QED) is 0.110. The molecule has 0 aromatic heterocycles. The van der Waals surface area contributed by atoms with Crippen LogP contribution in [0.2, 0.25) is 0 Å². The number of unbranched alkanes of at least 4 members (excludes halogenated alkanes) is 4. The molecule has 3 aromatic carbocycles. The topological polar surface area (TPSA) is 127 Å². The van der Waals surface area contributed by atoms with Gasteiger partial charge in [-0.2, -0.15) is 0 Å². The van der Waals surface area contributed by atoms with Gasteiger partial charge in [-0.1, -0.05) is 82.0 Å². The zero-order chi connectivity index (χ0) is 29.1. The Morgan fingerprint density at radius 1 is 0.875 bits per heavy atom. The fourth-order valence-corrected chi connectivity index (χ4v) is 5.59. The van der Waals surface area contributed by atoms with E-state index in [-0.39, 0.29) is 17.0 Å². The number of benzene rings is 3. The molecule has 0 saturated carbocycles. The van der Waals surface area contributed by atoms with E-state index in [0.717, 1.165) is 43.9 Å². The summed E-state index contributed by atoms with van der Waals surface area (Å²) in [5.41, 5.74) is 0.403. The van der Waals surface area contributed by atoms with Crippen molar-refractivity contribution in [1.29, 1.82) is 0 Å². The van der Waals surface area contributed by atoms with E-state index in [1.165, 1.54) is 36.4 Å². The van der Waals surface area contributed by atoms with Gasteiger partial charge in [-0.25, -0.2) is 13.1 Å². The highest BCUT2D eigenvalue weighted by molar-refractivity contribution is 7.90. The van der Waals surface area contributed by atoms with Gasteiger partial charge in [-0.15, -0.1) is 0 Å². The Hall–Kier alpha value is -3.79. The van der Waals surface area contributed by atoms with Crippen molar-refractivity contribution in [1.82, 2.24) is 9.62 Å². The summed E-state index contributed by atoms with van der Waals surface area (Å²) in [7, 11) is -4.27. The van der Waals surface area contributed by atoms with Gasteiger partial charge < -0.3 is 4.90 Å². The van der Waals surface area contributed by atoms with Crippen molar-refractivity contribution >= 4 is 38.3 Å². The molecule has 2 amide bonds. The van der Waals surface area contributed by atoms with Crippen LogP contribution >= 0.6 is 0 Å². The van der Waals surface area contributed by atoms with Crippen molar-refractivity contribution in [3.63, 3.8) is 0 Å². The third-order valence-electron chi connectivity index (χ3n) is 6.84. The number of rotatable bonds is 15. The molecule has 0 aliphatic heterocycles. The van der Waals surface area contributed by atoms with Gasteiger partial charge in [0.1, 0.15) is 5.92 Å². The Balaban J connectivity index is 1.91. The molecule has 0 fully saturated rings. The van der Waals surface area contributed by atoms with Gasteiger partial charge in [-0.3, -0.25) is 19.7 Å². The molecule has 3 aromatic rings.